The molecule has 0 aliphatic rings. The van der Waals surface area contributed by atoms with Gasteiger partial charge in [0.25, 0.3) is 5.69 Å². The Morgan fingerprint density at radius 3 is 2.20 bits per heavy atom. The standard InChI is InChI=1S/C6H7NO2Si/c8-7(9)5-1-3-6(10)4-2-5/h1-4H,10H3. The van der Waals surface area contributed by atoms with Crippen molar-refractivity contribution in [1.82, 2.24) is 0 Å². The van der Waals surface area contributed by atoms with Gasteiger partial charge in [-0.25, -0.2) is 0 Å². The molecule has 0 amide bonds. The molecule has 0 aliphatic heterocycles. The van der Waals surface area contributed by atoms with Gasteiger partial charge in [-0.05, 0) is 0 Å². The topological polar surface area (TPSA) is 43.1 Å². The largest absolute Gasteiger partial charge is 0.269 e. The van der Waals surface area contributed by atoms with Gasteiger partial charge in [-0.1, -0.05) is 17.3 Å². The Morgan fingerprint density at radius 1 is 1.30 bits per heavy atom. The van der Waals surface area contributed by atoms with Gasteiger partial charge in [-0.3, -0.25) is 10.1 Å². The van der Waals surface area contributed by atoms with E-state index in [9.17, 15) is 10.1 Å². The predicted molar refractivity (Wildman–Crippen MR) is 42.7 cm³/mol. The lowest BCUT2D eigenvalue weighted by molar-refractivity contribution is -0.384. The first kappa shape index (κ1) is 6.95. The van der Waals surface area contributed by atoms with Crippen LogP contribution in [0.4, 0.5) is 5.69 Å². The first-order chi connectivity index (χ1) is 4.70. The van der Waals surface area contributed by atoms with Crippen LogP contribution in [0.25, 0.3) is 0 Å². The van der Waals surface area contributed by atoms with Gasteiger partial charge in [0.2, 0.25) is 0 Å². The first-order valence-corrected chi connectivity index (χ1v) is 3.91. The van der Waals surface area contributed by atoms with Gasteiger partial charge < -0.3 is 0 Å². The Morgan fingerprint density at radius 2 is 1.80 bits per heavy atom. The molecule has 0 saturated heterocycles. The molecule has 0 unspecified atom stereocenters. The Labute approximate surface area is 61.3 Å². The van der Waals surface area contributed by atoms with Crippen LogP contribution in [-0.4, -0.2) is 15.2 Å². The maximum atomic E-state index is 10.1. The first-order valence-electron chi connectivity index (χ1n) is 2.91. The van der Waals surface area contributed by atoms with Crippen molar-refractivity contribution >= 4 is 21.1 Å². The lowest BCUT2D eigenvalue weighted by Gasteiger charge is -1.90. The summed E-state index contributed by atoms with van der Waals surface area (Å²) in [5, 5.41) is 11.3. The number of hydrogen-bond acceptors (Lipinski definition) is 2. The van der Waals surface area contributed by atoms with Gasteiger partial charge in [0, 0.05) is 22.4 Å². The van der Waals surface area contributed by atoms with Gasteiger partial charge in [-0.15, -0.1) is 0 Å². The normalized spacial score (nSPS) is 9.60. The molecule has 0 N–H and O–H groups in total. The Balaban J connectivity index is 3.00. The average molecular weight is 153 g/mol. The monoisotopic (exact) mass is 153 g/mol. The van der Waals surface area contributed by atoms with E-state index in [1.165, 1.54) is 17.3 Å². The summed E-state index contributed by atoms with van der Waals surface area (Å²) in [7, 11) is 0.945. The van der Waals surface area contributed by atoms with Crippen LogP contribution in [0.3, 0.4) is 0 Å². The molecule has 0 fully saturated rings. The maximum absolute atomic E-state index is 10.1. The van der Waals surface area contributed by atoms with Crippen LogP contribution in [-0.2, 0) is 0 Å². The minimum atomic E-state index is -0.388. The molecule has 0 aliphatic carbocycles. The Bertz CT molecular complexity index is 244. The van der Waals surface area contributed by atoms with Gasteiger partial charge in [0.1, 0.15) is 0 Å². The lowest BCUT2D eigenvalue weighted by Crippen LogP contribution is -2.00. The molecule has 1 aromatic carbocycles. The zero-order valence-corrected chi connectivity index (χ0v) is 7.57. The molecule has 0 radical (unpaired) electrons. The molecule has 3 nitrogen and oxygen atoms in total. The summed E-state index contributed by atoms with van der Waals surface area (Å²) >= 11 is 0. The van der Waals surface area contributed by atoms with E-state index in [2.05, 4.69) is 0 Å². The molecule has 10 heavy (non-hydrogen) atoms. The smallest absolute Gasteiger partial charge is 0.258 e. The molecular weight excluding hydrogens is 146 g/mol. The summed E-state index contributed by atoms with van der Waals surface area (Å²) in [5.41, 5.74) is 0.166. The molecule has 0 atom stereocenters. The van der Waals surface area contributed by atoms with Crippen LogP contribution < -0.4 is 5.19 Å². The van der Waals surface area contributed by atoms with Crippen molar-refractivity contribution < 1.29 is 4.92 Å². The summed E-state index contributed by atoms with van der Waals surface area (Å²) in [6.07, 6.45) is 0. The van der Waals surface area contributed by atoms with E-state index >= 15 is 0 Å². The van der Waals surface area contributed by atoms with Crippen LogP contribution in [0.1, 0.15) is 0 Å². The zero-order valence-electron chi connectivity index (χ0n) is 5.57. The fraction of sp³-hybridized carbons (Fsp3) is 0. The van der Waals surface area contributed by atoms with Gasteiger partial charge in [-0.2, -0.15) is 0 Å². The Kier molecular flexibility index (Phi) is 1.82. The molecule has 4 heteroatoms. The van der Waals surface area contributed by atoms with E-state index < -0.39 is 0 Å². The van der Waals surface area contributed by atoms with Crippen molar-refractivity contribution in [2.75, 3.05) is 0 Å². The van der Waals surface area contributed by atoms with Crippen LogP contribution in [0.5, 0.6) is 0 Å². The highest BCUT2D eigenvalue weighted by Gasteiger charge is 2.00. The van der Waals surface area contributed by atoms with E-state index in [-0.39, 0.29) is 10.6 Å². The SMILES string of the molecule is O=[N+]([O-])c1ccc([SiH3])cc1. The van der Waals surface area contributed by atoms with Crippen molar-refractivity contribution in [3.63, 3.8) is 0 Å². The number of nitro groups is 1. The van der Waals surface area contributed by atoms with Crippen molar-refractivity contribution in [3.8, 4) is 0 Å². The minimum Gasteiger partial charge on any atom is -0.258 e. The van der Waals surface area contributed by atoms with Crippen LogP contribution in [0.2, 0.25) is 0 Å². The van der Waals surface area contributed by atoms with Crippen molar-refractivity contribution in [1.29, 1.82) is 0 Å². The second kappa shape index (κ2) is 2.61. The molecule has 0 spiro atoms. The Hall–Kier alpha value is -1.16. The molecule has 0 heterocycles. The zero-order chi connectivity index (χ0) is 7.56. The third kappa shape index (κ3) is 1.41. The second-order valence-corrected chi connectivity index (χ2v) is 3.25. The van der Waals surface area contributed by atoms with Crippen LogP contribution in [0.15, 0.2) is 24.3 Å². The summed E-state index contributed by atoms with van der Waals surface area (Å²) in [6, 6.07) is 6.62. The highest BCUT2D eigenvalue weighted by atomic mass is 28.1. The van der Waals surface area contributed by atoms with Crippen LogP contribution in [0, 0.1) is 10.1 Å². The second-order valence-electron chi connectivity index (χ2n) is 2.09. The fourth-order valence-electron chi connectivity index (χ4n) is 0.666. The van der Waals surface area contributed by atoms with Crippen LogP contribution >= 0.6 is 0 Å². The molecule has 52 valence electrons. The number of rotatable bonds is 1. The minimum absolute atomic E-state index is 0.166. The molecule has 0 aromatic heterocycles. The van der Waals surface area contributed by atoms with Gasteiger partial charge >= 0.3 is 0 Å². The fourth-order valence-corrected chi connectivity index (χ4v) is 1.000. The van der Waals surface area contributed by atoms with Crippen molar-refractivity contribution in [3.05, 3.63) is 34.4 Å². The van der Waals surface area contributed by atoms with E-state index in [0.717, 1.165) is 10.2 Å². The van der Waals surface area contributed by atoms with E-state index in [1.54, 1.807) is 12.1 Å². The summed E-state index contributed by atoms with van der Waals surface area (Å²) in [6.45, 7) is 0. The lowest BCUT2D eigenvalue weighted by atomic mass is 10.3. The molecule has 0 saturated carbocycles. The van der Waals surface area contributed by atoms with Gasteiger partial charge in [0.05, 0.1) is 4.92 Å². The van der Waals surface area contributed by atoms with Gasteiger partial charge in [0.15, 0.2) is 0 Å². The summed E-state index contributed by atoms with van der Waals surface area (Å²) in [5.74, 6) is 0. The summed E-state index contributed by atoms with van der Waals surface area (Å²) in [4.78, 5) is 9.74. The highest BCUT2D eigenvalue weighted by Crippen LogP contribution is 2.05. The predicted octanol–water partition coefficient (Wildman–Crippen LogP) is -0.415. The highest BCUT2D eigenvalue weighted by molar-refractivity contribution is 6.32. The van der Waals surface area contributed by atoms with Crippen molar-refractivity contribution in [2.24, 2.45) is 0 Å². The number of hydrogen-bond donors (Lipinski definition) is 0. The molecule has 1 rings (SSSR count). The average Bonchev–Trinajstić information content (AvgIpc) is 1.88. The third-order valence-corrected chi connectivity index (χ3v) is 1.91. The number of nitrogens with zero attached hydrogens (tertiary/aromatic N) is 1. The van der Waals surface area contributed by atoms with E-state index in [1.807, 2.05) is 0 Å². The maximum Gasteiger partial charge on any atom is 0.269 e. The summed E-state index contributed by atoms with van der Waals surface area (Å²) < 4.78 is 0. The quantitative estimate of drug-likeness (QED) is 0.312. The molecule has 1 aromatic rings. The van der Waals surface area contributed by atoms with Crippen molar-refractivity contribution in [2.45, 2.75) is 0 Å². The number of non-ortho nitro benzene ring substituents is 1. The number of benzene rings is 1. The number of nitro benzene ring substituents is 1. The molecular formula is C6H7NO2Si. The molecule has 0 bridgehead atoms. The van der Waals surface area contributed by atoms with E-state index in [4.69, 9.17) is 0 Å². The van der Waals surface area contributed by atoms with E-state index in [0.29, 0.717) is 0 Å². The third-order valence-electron chi connectivity index (χ3n) is 1.24.